The Balaban J connectivity index is 2.28. The molecular weight excluding hydrogens is 290 g/mol. The number of hydrogen-bond acceptors (Lipinski definition) is 4. The molecule has 5 nitrogen and oxygen atoms in total. The molecule has 0 bridgehead atoms. The van der Waals surface area contributed by atoms with E-state index in [1.165, 1.54) is 25.3 Å². The first-order valence-electron chi connectivity index (χ1n) is 5.85. The Morgan fingerprint density at radius 1 is 1.42 bits per heavy atom. The third kappa shape index (κ3) is 3.19. The highest BCUT2D eigenvalue weighted by atomic mass is 35.7. The number of halogens is 1. The third-order valence-electron chi connectivity index (χ3n) is 3.19. The largest absolute Gasteiger partial charge is 0.495 e. The second-order valence-corrected chi connectivity index (χ2v) is 6.98. The van der Waals surface area contributed by atoms with Crippen molar-refractivity contribution in [3.05, 3.63) is 18.2 Å². The second-order valence-electron chi connectivity index (χ2n) is 4.42. The summed E-state index contributed by atoms with van der Waals surface area (Å²) in [6.07, 6.45) is 2.77. The average Bonchev–Trinajstić information content (AvgIpc) is 2.25. The molecule has 19 heavy (non-hydrogen) atoms. The molecule has 1 aliphatic rings. The summed E-state index contributed by atoms with van der Waals surface area (Å²) in [5.74, 6) is 0.284. The molecule has 0 unspecified atom stereocenters. The lowest BCUT2D eigenvalue weighted by Crippen LogP contribution is -2.28. The van der Waals surface area contributed by atoms with E-state index in [2.05, 4.69) is 5.32 Å². The van der Waals surface area contributed by atoms with Crippen molar-refractivity contribution in [2.75, 3.05) is 12.4 Å². The number of ether oxygens (including phenoxy) is 1. The molecule has 0 spiro atoms. The standard InChI is InChI=1S/C12H14ClNO4S/c1-18-11-6-5-9(19(13,16)17)7-10(11)14-12(15)8-3-2-4-8/h5-8H,2-4H2,1H3,(H,14,15). The van der Waals surface area contributed by atoms with Crippen LogP contribution in [0.15, 0.2) is 23.1 Å². The van der Waals surface area contributed by atoms with Gasteiger partial charge >= 0.3 is 0 Å². The third-order valence-corrected chi connectivity index (χ3v) is 4.54. The number of anilines is 1. The molecular formula is C12H14ClNO4S. The van der Waals surface area contributed by atoms with Gasteiger partial charge in [-0.05, 0) is 31.0 Å². The molecule has 1 aromatic carbocycles. The van der Waals surface area contributed by atoms with Crippen LogP contribution in [0.3, 0.4) is 0 Å². The Bertz CT molecular complexity index is 596. The van der Waals surface area contributed by atoms with Gasteiger partial charge in [-0.2, -0.15) is 0 Å². The minimum Gasteiger partial charge on any atom is -0.495 e. The van der Waals surface area contributed by atoms with Gasteiger partial charge in [-0.3, -0.25) is 4.79 Å². The summed E-state index contributed by atoms with van der Waals surface area (Å²) in [4.78, 5) is 11.8. The van der Waals surface area contributed by atoms with Crippen molar-refractivity contribution >= 4 is 31.3 Å². The van der Waals surface area contributed by atoms with Gasteiger partial charge < -0.3 is 10.1 Å². The highest BCUT2D eigenvalue weighted by Crippen LogP contribution is 2.32. The molecule has 1 N–H and O–H groups in total. The monoisotopic (exact) mass is 303 g/mol. The number of nitrogens with one attached hydrogen (secondary N) is 1. The summed E-state index contributed by atoms with van der Waals surface area (Å²) in [5, 5.41) is 2.69. The zero-order chi connectivity index (χ0) is 14.0. The van der Waals surface area contributed by atoms with Crippen LogP contribution < -0.4 is 10.1 Å². The van der Waals surface area contributed by atoms with Crippen LogP contribution in [0.25, 0.3) is 0 Å². The summed E-state index contributed by atoms with van der Waals surface area (Å²) in [6.45, 7) is 0. The molecule has 7 heteroatoms. The SMILES string of the molecule is COc1ccc(S(=O)(=O)Cl)cc1NC(=O)C1CCC1. The van der Waals surface area contributed by atoms with Gasteiger partial charge in [0.05, 0.1) is 17.7 Å². The quantitative estimate of drug-likeness (QED) is 0.867. The van der Waals surface area contributed by atoms with Crippen LogP contribution in [0.5, 0.6) is 5.75 Å². The first-order chi connectivity index (χ1) is 8.91. The van der Waals surface area contributed by atoms with E-state index in [1.54, 1.807) is 0 Å². The van der Waals surface area contributed by atoms with E-state index in [0.717, 1.165) is 19.3 Å². The summed E-state index contributed by atoms with van der Waals surface area (Å²) >= 11 is 0. The van der Waals surface area contributed by atoms with E-state index in [1.807, 2.05) is 0 Å². The Kier molecular flexibility index (Phi) is 4.01. The maximum Gasteiger partial charge on any atom is 0.261 e. The predicted octanol–water partition coefficient (Wildman–Crippen LogP) is 2.36. The molecule has 1 aromatic rings. The first-order valence-corrected chi connectivity index (χ1v) is 8.16. The molecule has 0 radical (unpaired) electrons. The second kappa shape index (κ2) is 5.38. The Hall–Kier alpha value is -1.27. The lowest BCUT2D eigenvalue weighted by molar-refractivity contribution is -0.122. The molecule has 0 saturated heterocycles. The van der Waals surface area contributed by atoms with E-state index < -0.39 is 9.05 Å². The van der Waals surface area contributed by atoms with Crippen LogP contribution in [-0.2, 0) is 13.8 Å². The fourth-order valence-electron chi connectivity index (χ4n) is 1.84. The molecule has 1 aliphatic carbocycles. The van der Waals surface area contributed by atoms with Gasteiger partial charge in [-0.25, -0.2) is 8.42 Å². The minimum atomic E-state index is -3.83. The number of methoxy groups -OCH3 is 1. The van der Waals surface area contributed by atoms with E-state index in [-0.39, 0.29) is 16.7 Å². The molecule has 0 aromatic heterocycles. The number of hydrogen-bond donors (Lipinski definition) is 1. The number of benzene rings is 1. The van der Waals surface area contributed by atoms with E-state index in [9.17, 15) is 13.2 Å². The highest BCUT2D eigenvalue weighted by molar-refractivity contribution is 8.13. The van der Waals surface area contributed by atoms with Gasteiger partial charge in [0.1, 0.15) is 5.75 Å². The predicted molar refractivity (Wildman–Crippen MR) is 72.0 cm³/mol. The van der Waals surface area contributed by atoms with Crippen LogP contribution in [0, 0.1) is 5.92 Å². The van der Waals surface area contributed by atoms with Crippen LogP contribution in [0.4, 0.5) is 5.69 Å². The number of rotatable bonds is 4. The highest BCUT2D eigenvalue weighted by Gasteiger charge is 2.26. The van der Waals surface area contributed by atoms with Gasteiger partial charge in [0, 0.05) is 16.6 Å². The lowest BCUT2D eigenvalue weighted by Gasteiger charge is -2.24. The Labute approximate surface area is 116 Å². The number of carbonyl (C=O) groups excluding carboxylic acids is 1. The molecule has 2 rings (SSSR count). The summed E-state index contributed by atoms with van der Waals surface area (Å²) in [7, 11) is 2.90. The summed E-state index contributed by atoms with van der Waals surface area (Å²) < 4.78 is 27.7. The average molecular weight is 304 g/mol. The van der Waals surface area contributed by atoms with Crippen molar-refractivity contribution < 1.29 is 17.9 Å². The maximum atomic E-state index is 11.9. The van der Waals surface area contributed by atoms with E-state index in [0.29, 0.717) is 11.4 Å². The van der Waals surface area contributed by atoms with Crippen molar-refractivity contribution in [3.63, 3.8) is 0 Å². The van der Waals surface area contributed by atoms with E-state index >= 15 is 0 Å². The summed E-state index contributed by atoms with van der Waals surface area (Å²) in [5.41, 5.74) is 0.320. The Morgan fingerprint density at radius 2 is 2.11 bits per heavy atom. The molecule has 0 atom stereocenters. The lowest BCUT2D eigenvalue weighted by atomic mass is 9.85. The fourth-order valence-corrected chi connectivity index (χ4v) is 2.62. The minimum absolute atomic E-state index is 0.000899. The zero-order valence-corrected chi connectivity index (χ0v) is 11.9. The van der Waals surface area contributed by atoms with Crippen LogP contribution in [0.2, 0.25) is 0 Å². The molecule has 1 amide bonds. The van der Waals surface area contributed by atoms with Crippen molar-refractivity contribution in [3.8, 4) is 5.75 Å². The van der Waals surface area contributed by atoms with Gasteiger partial charge in [0.2, 0.25) is 5.91 Å². The van der Waals surface area contributed by atoms with Crippen molar-refractivity contribution in [2.24, 2.45) is 5.92 Å². The number of carbonyl (C=O) groups is 1. The smallest absolute Gasteiger partial charge is 0.261 e. The first kappa shape index (κ1) is 14.1. The number of amides is 1. The van der Waals surface area contributed by atoms with Crippen molar-refractivity contribution in [1.29, 1.82) is 0 Å². The van der Waals surface area contributed by atoms with Gasteiger partial charge in [-0.15, -0.1) is 0 Å². The Morgan fingerprint density at radius 3 is 2.58 bits per heavy atom. The van der Waals surface area contributed by atoms with Crippen molar-refractivity contribution in [2.45, 2.75) is 24.2 Å². The van der Waals surface area contributed by atoms with Crippen LogP contribution >= 0.6 is 10.7 Å². The molecule has 0 aliphatic heterocycles. The van der Waals surface area contributed by atoms with Gasteiger partial charge in [-0.1, -0.05) is 6.42 Å². The molecule has 104 valence electrons. The molecule has 0 heterocycles. The molecule has 1 fully saturated rings. The summed E-state index contributed by atoms with van der Waals surface area (Å²) in [6, 6.07) is 4.10. The normalized spacial score (nSPS) is 15.7. The van der Waals surface area contributed by atoms with Crippen molar-refractivity contribution in [1.82, 2.24) is 0 Å². The van der Waals surface area contributed by atoms with Gasteiger partial charge in [0.15, 0.2) is 0 Å². The van der Waals surface area contributed by atoms with Crippen LogP contribution in [-0.4, -0.2) is 21.4 Å². The van der Waals surface area contributed by atoms with E-state index in [4.69, 9.17) is 15.4 Å². The van der Waals surface area contributed by atoms with Crippen LogP contribution in [0.1, 0.15) is 19.3 Å². The van der Waals surface area contributed by atoms with Gasteiger partial charge in [0.25, 0.3) is 9.05 Å². The fraction of sp³-hybridized carbons (Fsp3) is 0.417. The zero-order valence-electron chi connectivity index (χ0n) is 10.3. The maximum absolute atomic E-state index is 11.9. The topological polar surface area (TPSA) is 72.5 Å². The molecule has 1 saturated carbocycles.